The molecule has 0 amide bonds. The number of thioether (sulfide) groups is 1. The number of carbonyl (C=O) groups excluding carboxylic acids is 1. The fourth-order valence-corrected chi connectivity index (χ4v) is 4.70. The lowest BCUT2D eigenvalue weighted by Crippen LogP contribution is -2.19. The molecule has 0 aliphatic heterocycles. The van der Waals surface area contributed by atoms with E-state index in [1.165, 1.54) is 51.9 Å². The van der Waals surface area contributed by atoms with Gasteiger partial charge >= 0.3 is 0 Å². The van der Waals surface area contributed by atoms with Crippen molar-refractivity contribution in [2.45, 2.75) is 5.16 Å². The van der Waals surface area contributed by atoms with Crippen LogP contribution in [0.1, 0.15) is 10.4 Å². The molecule has 0 saturated heterocycles. The van der Waals surface area contributed by atoms with E-state index in [0.717, 1.165) is 10.4 Å². The second kappa shape index (κ2) is 7.69. The van der Waals surface area contributed by atoms with Crippen molar-refractivity contribution in [3.05, 3.63) is 82.4 Å². The smallest absolute Gasteiger partial charge is 0.271 e. The average molecular weight is 410 g/mol. The molecule has 4 aromatic rings. The summed E-state index contributed by atoms with van der Waals surface area (Å²) in [6.45, 7) is 0. The quantitative estimate of drug-likeness (QED) is 0.270. The van der Waals surface area contributed by atoms with E-state index >= 15 is 0 Å². The first kappa shape index (κ1) is 18.6. The van der Waals surface area contributed by atoms with Crippen LogP contribution < -0.4 is 5.56 Å². The summed E-state index contributed by atoms with van der Waals surface area (Å²) in [4.78, 5) is 30.6. The second-order valence-electron chi connectivity index (χ2n) is 6.17. The van der Waals surface area contributed by atoms with Crippen molar-refractivity contribution in [1.29, 1.82) is 0 Å². The summed E-state index contributed by atoms with van der Waals surface area (Å²) in [6.07, 6.45) is 0. The molecule has 0 saturated carbocycles. The predicted molar refractivity (Wildman–Crippen MR) is 112 cm³/mol. The van der Waals surface area contributed by atoms with E-state index in [-0.39, 0.29) is 22.9 Å². The van der Waals surface area contributed by atoms with Gasteiger partial charge in [-0.1, -0.05) is 42.1 Å². The molecule has 0 aliphatic carbocycles. The van der Waals surface area contributed by atoms with Crippen molar-refractivity contribution in [1.82, 2.24) is 9.55 Å². The molecule has 0 N–H and O–H groups in total. The minimum Gasteiger partial charge on any atom is -0.293 e. The summed E-state index contributed by atoms with van der Waals surface area (Å²) in [5, 5.41) is 0.477. The van der Waals surface area contributed by atoms with E-state index in [1.54, 1.807) is 7.05 Å². The van der Waals surface area contributed by atoms with Crippen LogP contribution >= 0.6 is 23.1 Å². The second-order valence-corrected chi connectivity index (χ2v) is 8.16. The molecular weight excluding hydrogens is 395 g/mol. The Bertz CT molecular complexity index is 1220. The number of hydrogen-bond acceptors (Lipinski definition) is 5. The van der Waals surface area contributed by atoms with Gasteiger partial charge < -0.3 is 0 Å². The molecule has 0 unspecified atom stereocenters. The summed E-state index contributed by atoms with van der Waals surface area (Å²) in [5.74, 6) is -0.410. The number of carbonyl (C=O) groups is 1. The number of Topliss-reactive ketones (excluding diaryl/α,β-unsaturated/α-hetero) is 1. The Kier molecular flexibility index (Phi) is 5.11. The van der Waals surface area contributed by atoms with Crippen molar-refractivity contribution in [3.8, 4) is 10.4 Å². The van der Waals surface area contributed by atoms with Crippen LogP contribution in [0.5, 0.6) is 0 Å². The van der Waals surface area contributed by atoms with Gasteiger partial charge in [-0.2, -0.15) is 0 Å². The highest BCUT2D eigenvalue weighted by Gasteiger charge is 2.15. The summed E-state index contributed by atoms with van der Waals surface area (Å²) >= 11 is 2.62. The Morgan fingerprint density at radius 3 is 2.57 bits per heavy atom. The highest BCUT2D eigenvalue weighted by atomic mass is 32.2. The van der Waals surface area contributed by atoms with Gasteiger partial charge in [0.15, 0.2) is 10.9 Å². The third kappa shape index (κ3) is 3.63. The molecule has 0 bridgehead atoms. The topological polar surface area (TPSA) is 52.0 Å². The molecule has 4 nitrogen and oxygen atoms in total. The molecule has 28 heavy (non-hydrogen) atoms. The fraction of sp³-hybridized carbons (Fsp3) is 0.0952. The zero-order chi connectivity index (χ0) is 19.7. The monoisotopic (exact) mass is 410 g/mol. The molecule has 7 heteroatoms. The fourth-order valence-electron chi connectivity index (χ4n) is 2.76. The van der Waals surface area contributed by atoms with Gasteiger partial charge in [0.05, 0.1) is 11.3 Å². The predicted octanol–water partition coefficient (Wildman–Crippen LogP) is 4.78. The van der Waals surface area contributed by atoms with Crippen LogP contribution in [-0.4, -0.2) is 21.1 Å². The largest absolute Gasteiger partial charge is 0.293 e. The first-order valence-electron chi connectivity index (χ1n) is 8.50. The molecule has 0 spiro atoms. The lowest BCUT2D eigenvalue weighted by atomic mass is 10.1. The number of fused-ring (bicyclic) bond motifs is 1. The molecule has 4 rings (SSSR count). The Labute approximate surface area is 168 Å². The van der Waals surface area contributed by atoms with Crippen molar-refractivity contribution >= 4 is 39.1 Å². The minimum atomic E-state index is -0.384. The van der Waals surface area contributed by atoms with Crippen LogP contribution in [-0.2, 0) is 7.05 Å². The molecule has 0 atom stereocenters. The number of benzene rings is 2. The first-order valence-corrected chi connectivity index (χ1v) is 10.3. The van der Waals surface area contributed by atoms with Gasteiger partial charge in [0, 0.05) is 17.5 Å². The number of nitrogens with zero attached hydrogens (tertiary/aromatic N) is 2. The Hall–Kier alpha value is -2.77. The molecule has 0 aliphatic rings. The van der Waals surface area contributed by atoms with E-state index in [4.69, 9.17) is 0 Å². The molecular formula is C21H15FN2O2S2. The summed E-state index contributed by atoms with van der Waals surface area (Å²) in [7, 11) is 1.65. The van der Waals surface area contributed by atoms with Crippen LogP contribution in [0.25, 0.3) is 20.7 Å². The van der Waals surface area contributed by atoms with Gasteiger partial charge in [0.1, 0.15) is 10.5 Å². The number of thiophene rings is 1. The SMILES string of the molecule is Cn1c(SCC(=O)c2ccc(F)cc2)nc2cc(-c3ccccc3)sc2c1=O. The standard InChI is InChI=1S/C21H15FN2O2S2/c1-24-20(26)19-16(11-18(28-19)14-5-3-2-4-6-14)23-21(24)27-12-17(25)13-7-9-15(22)10-8-13/h2-11H,12H2,1H3. The van der Waals surface area contributed by atoms with Gasteiger partial charge in [-0.3, -0.25) is 14.2 Å². The maximum Gasteiger partial charge on any atom is 0.271 e. The molecule has 140 valence electrons. The van der Waals surface area contributed by atoms with Gasteiger partial charge in [-0.25, -0.2) is 9.37 Å². The number of aromatic nitrogens is 2. The van der Waals surface area contributed by atoms with Crippen LogP contribution in [0.4, 0.5) is 4.39 Å². The summed E-state index contributed by atoms with van der Waals surface area (Å²) < 4.78 is 15.1. The lowest BCUT2D eigenvalue weighted by Gasteiger charge is -2.06. The van der Waals surface area contributed by atoms with Crippen molar-refractivity contribution in [2.24, 2.45) is 7.05 Å². The maximum atomic E-state index is 13.0. The number of halogens is 1. The third-order valence-electron chi connectivity index (χ3n) is 4.27. The number of hydrogen-bond donors (Lipinski definition) is 0. The molecule has 2 aromatic carbocycles. The number of ketones is 1. The minimum absolute atomic E-state index is 0.118. The Balaban J connectivity index is 1.62. The third-order valence-corrected chi connectivity index (χ3v) is 6.46. The van der Waals surface area contributed by atoms with E-state index in [0.29, 0.717) is 20.9 Å². The average Bonchev–Trinajstić information content (AvgIpc) is 3.15. The van der Waals surface area contributed by atoms with Gasteiger partial charge in [-0.15, -0.1) is 11.3 Å². The van der Waals surface area contributed by atoms with E-state index in [1.807, 2.05) is 36.4 Å². The van der Waals surface area contributed by atoms with E-state index in [2.05, 4.69) is 4.98 Å². The van der Waals surface area contributed by atoms with Crippen LogP contribution in [0, 0.1) is 5.82 Å². The zero-order valence-corrected chi connectivity index (χ0v) is 16.5. The van der Waals surface area contributed by atoms with Crippen molar-refractivity contribution in [3.63, 3.8) is 0 Å². The van der Waals surface area contributed by atoms with Crippen LogP contribution in [0.2, 0.25) is 0 Å². The van der Waals surface area contributed by atoms with Crippen LogP contribution in [0.3, 0.4) is 0 Å². The molecule has 2 heterocycles. The Morgan fingerprint density at radius 1 is 1.14 bits per heavy atom. The number of rotatable bonds is 5. The molecule has 0 radical (unpaired) electrons. The van der Waals surface area contributed by atoms with Crippen molar-refractivity contribution in [2.75, 3.05) is 5.75 Å². The maximum absolute atomic E-state index is 13.0. The zero-order valence-electron chi connectivity index (χ0n) is 14.9. The normalized spacial score (nSPS) is 11.1. The molecule has 0 fully saturated rings. The van der Waals surface area contributed by atoms with Gasteiger partial charge in [0.25, 0.3) is 5.56 Å². The summed E-state index contributed by atoms with van der Waals surface area (Å²) in [5.41, 5.74) is 1.97. The van der Waals surface area contributed by atoms with Gasteiger partial charge in [0.2, 0.25) is 0 Å². The van der Waals surface area contributed by atoms with Gasteiger partial charge in [-0.05, 0) is 35.9 Å². The summed E-state index contributed by atoms with van der Waals surface area (Å²) in [6, 6.07) is 17.2. The van der Waals surface area contributed by atoms with Crippen LogP contribution in [0.15, 0.2) is 70.6 Å². The van der Waals surface area contributed by atoms with Crippen molar-refractivity contribution < 1.29 is 9.18 Å². The van der Waals surface area contributed by atoms with E-state index in [9.17, 15) is 14.0 Å². The van der Waals surface area contributed by atoms with E-state index < -0.39 is 0 Å². The lowest BCUT2D eigenvalue weighted by molar-refractivity contribution is 0.102. The Morgan fingerprint density at radius 2 is 1.86 bits per heavy atom. The highest BCUT2D eigenvalue weighted by molar-refractivity contribution is 7.99. The highest BCUT2D eigenvalue weighted by Crippen LogP contribution is 2.31. The molecule has 2 aromatic heterocycles. The first-order chi connectivity index (χ1) is 13.5.